The number of nitrogens with zero attached hydrogens (tertiary/aromatic N) is 1. The van der Waals surface area contributed by atoms with Crippen LogP contribution in [-0.2, 0) is 4.79 Å². The average molecular weight is 180 g/mol. The third kappa shape index (κ3) is 3.93. The van der Waals surface area contributed by atoms with Crippen molar-refractivity contribution in [3.63, 3.8) is 0 Å². The Hall–Kier alpha value is -1.04. The largest absolute Gasteiger partial charge is 0.343 e. The lowest BCUT2D eigenvalue weighted by Crippen LogP contribution is -2.26. The van der Waals surface area contributed by atoms with E-state index in [1.807, 2.05) is 6.07 Å². The van der Waals surface area contributed by atoms with E-state index in [1.54, 1.807) is 0 Å². The number of amides is 1. The Morgan fingerprint density at radius 1 is 1.38 bits per heavy atom. The molecule has 0 atom stereocenters. The lowest BCUT2D eigenvalue weighted by Gasteiger charge is -2.20. The molecule has 3 heteroatoms. The highest BCUT2D eigenvalue weighted by molar-refractivity contribution is 5.76. The number of hydrogen-bond acceptors (Lipinski definition) is 2. The van der Waals surface area contributed by atoms with Gasteiger partial charge in [-0.1, -0.05) is 19.3 Å². The van der Waals surface area contributed by atoms with Gasteiger partial charge in [0.15, 0.2) is 0 Å². The molecular formula is C10H16N2O. The number of rotatable bonds is 3. The second-order valence-corrected chi connectivity index (χ2v) is 3.64. The van der Waals surface area contributed by atoms with E-state index in [0.29, 0.717) is 12.3 Å². The normalized spacial score (nSPS) is 17.8. The Labute approximate surface area is 79.1 Å². The molecule has 0 spiro atoms. The van der Waals surface area contributed by atoms with Crippen molar-refractivity contribution in [2.75, 3.05) is 6.54 Å². The molecule has 0 bridgehead atoms. The summed E-state index contributed by atoms with van der Waals surface area (Å²) >= 11 is 0. The molecule has 13 heavy (non-hydrogen) atoms. The van der Waals surface area contributed by atoms with E-state index < -0.39 is 0 Å². The van der Waals surface area contributed by atoms with Crippen molar-refractivity contribution in [3.05, 3.63) is 0 Å². The Morgan fingerprint density at radius 3 is 2.69 bits per heavy atom. The molecule has 0 aromatic rings. The number of nitrogens with one attached hydrogen (secondary N) is 1. The molecule has 1 aliphatic rings. The zero-order valence-corrected chi connectivity index (χ0v) is 7.88. The topological polar surface area (TPSA) is 52.9 Å². The van der Waals surface area contributed by atoms with Gasteiger partial charge in [-0.3, -0.25) is 4.79 Å². The van der Waals surface area contributed by atoms with Gasteiger partial charge in [0.25, 0.3) is 0 Å². The molecule has 0 aliphatic heterocycles. The molecule has 0 radical (unpaired) electrons. The first kappa shape index (κ1) is 10.0. The van der Waals surface area contributed by atoms with E-state index in [9.17, 15) is 4.79 Å². The maximum atomic E-state index is 11.2. The van der Waals surface area contributed by atoms with E-state index in [2.05, 4.69) is 5.32 Å². The Bertz CT molecular complexity index is 201. The molecular weight excluding hydrogens is 164 g/mol. The SMILES string of the molecule is N#CCNC(=O)CC1CCCCC1. The van der Waals surface area contributed by atoms with Crippen molar-refractivity contribution in [1.29, 1.82) is 5.26 Å². The second-order valence-electron chi connectivity index (χ2n) is 3.64. The summed E-state index contributed by atoms with van der Waals surface area (Å²) < 4.78 is 0. The molecule has 1 amide bonds. The highest BCUT2D eigenvalue weighted by Crippen LogP contribution is 2.25. The number of hydrogen-bond donors (Lipinski definition) is 1. The lowest BCUT2D eigenvalue weighted by molar-refractivity contribution is -0.122. The fraction of sp³-hybridized carbons (Fsp3) is 0.800. The highest BCUT2D eigenvalue weighted by atomic mass is 16.1. The summed E-state index contributed by atoms with van der Waals surface area (Å²) in [5, 5.41) is 10.8. The Kier molecular flexibility index (Phi) is 4.31. The molecule has 72 valence electrons. The van der Waals surface area contributed by atoms with Crippen LogP contribution in [0.1, 0.15) is 38.5 Å². The molecule has 0 aromatic heterocycles. The minimum Gasteiger partial charge on any atom is -0.343 e. The second kappa shape index (κ2) is 5.58. The summed E-state index contributed by atoms with van der Waals surface area (Å²) in [6.07, 6.45) is 6.81. The van der Waals surface area contributed by atoms with Gasteiger partial charge < -0.3 is 5.32 Å². The summed E-state index contributed by atoms with van der Waals surface area (Å²) in [6.45, 7) is 0.144. The average Bonchev–Trinajstić information content (AvgIpc) is 2.16. The van der Waals surface area contributed by atoms with Gasteiger partial charge in [0.2, 0.25) is 5.91 Å². The van der Waals surface area contributed by atoms with Crippen LogP contribution in [0.5, 0.6) is 0 Å². The predicted molar refractivity (Wildman–Crippen MR) is 49.8 cm³/mol. The lowest BCUT2D eigenvalue weighted by atomic mass is 9.87. The molecule has 0 heterocycles. The van der Waals surface area contributed by atoms with Crippen LogP contribution in [0.25, 0.3) is 0 Å². The maximum absolute atomic E-state index is 11.2. The van der Waals surface area contributed by atoms with Crippen molar-refractivity contribution in [2.24, 2.45) is 5.92 Å². The minimum atomic E-state index is 0.0356. The van der Waals surface area contributed by atoms with E-state index in [4.69, 9.17) is 5.26 Å². The van der Waals surface area contributed by atoms with Gasteiger partial charge in [0.05, 0.1) is 6.07 Å². The molecule has 1 fully saturated rings. The first-order chi connectivity index (χ1) is 6.33. The molecule has 0 saturated heterocycles. The first-order valence-corrected chi connectivity index (χ1v) is 4.96. The van der Waals surface area contributed by atoms with Crippen molar-refractivity contribution < 1.29 is 4.79 Å². The smallest absolute Gasteiger partial charge is 0.221 e. The summed E-state index contributed by atoms with van der Waals surface area (Å²) in [6, 6.07) is 1.90. The van der Waals surface area contributed by atoms with Gasteiger partial charge in [-0.15, -0.1) is 0 Å². The third-order valence-electron chi connectivity index (χ3n) is 2.56. The summed E-state index contributed by atoms with van der Waals surface area (Å²) in [4.78, 5) is 11.2. The quantitative estimate of drug-likeness (QED) is 0.671. The number of nitriles is 1. The van der Waals surface area contributed by atoms with E-state index in [1.165, 1.54) is 32.1 Å². The standard InChI is InChI=1S/C10H16N2O/c11-6-7-12-10(13)8-9-4-2-1-3-5-9/h9H,1-5,7-8H2,(H,12,13). The Balaban J connectivity index is 2.15. The van der Waals surface area contributed by atoms with Crippen LogP contribution >= 0.6 is 0 Å². The summed E-state index contributed by atoms with van der Waals surface area (Å²) in [5.41, 5.74) is 0. The van der Waals surface area contributed by atoms with Crippen LogP contribution in [0.15, 0.2) is 0 Å². The van der Waals surface area contributed by atoms with Crippen LogP contribution < -0.4 is 5.32 Å². The van der Waals surface area contributed by atoms with Crippen molar-refractivity contribution in [3.8, 4) is 6.07 Å². The maximum Gasteiger partial charge on any atom is 0.221 e. The van der Waals surface area contributed by atoms with Gasteiger partial charge in [0, 0.05) is 6.42 Å². The van der Waals surface area contributed by atoms with Gasteiger partial charge >= 0.3 is 0 Å². The Morgan fingerprint density at radius 2 is 2.08 bits per heavy atom. The van der Waals surface area contributed by atoms with Gasteiger partial charge in [-0.05, 0) is 18.8 Å². The van der Waals surface area contributed by atoms with Crippen molar-refractivity contribution in [1.82, 2.24) is 5.32 Å². The minimum absolute atomic E-state index is 0.0356. The predicted octanol–water partition coefficient (Wildman–Crippen LogP) is 1.60. The van der Waals surface area contributed by atoms with Gasteiger partial charge in [-0.25, -0.2) is 0 Å². The van der Waals surface area contributed by atoms with Crippen LogP contribution in [-0.4, -0.2) is 12.5 Å². The molecule has 0 aromatic carbocycles. The molecule has 1 aliphatic carbocycles. The number of carbonyl (C=O) groups is 1. The van der Waals surface area contributed by atoms with Gasteiger partial charge in [0.1, 0.15) is 6.54 Å². The molecule has 1 saturated carbocycles. The van der Waals surface area contributed by atoms with Gasteiger partial charge in [-0.2, -0.15) is 5.26 Å². The zero-order chi connectivity index (χ0) is 9.52. The van der Waals surface area contributed by atoms with Crippen LogP contribution in [0, 0.1) is 17.2 Å². The van der Waals surface area contributed by atoms with E-state index in [-0.39, 0.29) is 12.5 Å². The monoisotopic (exact) mass is 180 g/mol. The van der Waals surface area contributed by atoms with Crippen LogP contribution in [0.3, 0.4) is 0 Å². The fourth-order valence-electron chi connectivity index (χ4n) is 1.86. The summed E-state index contributed by atoms with van der Waals surface area (Å²) in [5.74, 6) is 0.598. The van der Waals surface area contributed by atoms with E-state index >= 15 is 0 Å². The van der Waals surface area contributed by atoms with Crippen LogP contribution in [0.2, 0.25) is 0 Å². The van der Waals surface area contributed by atoms with Crippen molar-refractivity contribution >= 4 is 5.91 Å². The van der Waals surface area contributed by atoms with E-state index in [0.717, 1.165) is 0 Å². The zero-order valence-electron chi connectivity index (χ0n) is 7.88. The molecule has 3 nitrogen and oxygen atoms in total. The number of carbonyl (C=O) groups excluding carboxylic acids is 1. The van der Waals surface area contributed by atoms with Crippen molar-refractivity contribution in [2.45, 2.75) is 38.5 Å². The molecule has 1 N–H and O–H groups in total. The fourth-order valence-corrected chi connectivity index (χ4v) is 1.86. The molecule has 0 unspecified atom stereocenters. The summed E-state index contributed by atoms with van der Waals surface area (Å²) in [7, 11) is 0. The van der Waals surface area contributed by atoms with Crippen LogP contribution in [0.4, 0.5) is 0 Å². The third-order valence-corrected chi connectivity index (χ3v) is 2.56. The first-order valence-electron chi connectivity index (χ1n) is 4.96. The highest BCUT2D eigenvalue weighted by Gasteiger charge is 2.16. The molecule has 1 rings (SSSR count).